The van der Waals surface area contributed by atoms with Crippen molar-refractivity contribution in [3.05, 3.63) is 23.4 Å². The van der Waals surface area contributed by atoms with E-state index < -0.39 is 5.60 Å². The van der Waals surface area contributed by atoms with Gasteiger partial charge in [0.25, 0.3) is 0 Å². The number of pyridine rings is 1. The molecule has 0 radical (unpaired) electrons. The number of aryl methyl sites for hydroxylation is 2. The van der Waals surface area contributed by atoms with Crippen LogP contribution in [-0.2, 0) is 27.2 Å². The molecule has 0 spiro atoms. The van der Waals surface area contributed by atoms with Gasteiger partial charge in [-0.05, 0) is 64.5 Å². The van der Waals surface area contributed by atoms with Crippen LogP contribution in [0.15, 0.2) is 12.1 Å². The molecule has 2 rings (SSSR count). The van der Waals surface area contributed by atoms with Crippen LogP contribution >= 0.6 is 0 Å². The van der Waals surface area contributed by atoms with E-state index in [0.29, 0.717) is 18.8 Å². The van der Waals surface area contributed by atoms with Crippen LogP contribution < -0.4 is 4.90 Å². The number of nitrogens with zero attached hydrogens (tertiary/aromatic N) is 3. The van der Waals surface area contributed by atoms with Crippen molar-refractivity contribution < 1.29 is 19.2 Å². The second-order valence-electron chi connectivity index (χ2n) is 7.80. The molecule has 2 heterocycles. The number of amides is 2. The van der Waals surface area contributed by atoms with E-state index in [4.69, 9.17) is 14.6 Å². The molecule has 0 saturated carbocycles. The van der Waals surface area contributed by atoms with Gasteiger partial charge in [0, 0.05) is 25.7 Å². The molecule has 0 saturated heterocycles. The van der Waals surface area contributed by atoms with Crippen LogP contribution in [0.2, 0.25) is 0 Å². The van der Waals surface area contributed by atoms with Gasteiger partial charge in [-0.1, -0.05) is 6.07 Å². The zero-order valence-electron chi connectivity index (χ0n) is 17.1. The van der Waals surface area contributed by atoms with E-state index in [1.54, 1.807) is 11.9 Å². The van der Waals surface area contributed by atoms with Gasteiger partial charge in [-0.3, -0.25) is 14.5 Å². The van der Waals surface area contributed by atoms with Crippen LogP contribution in [-0.4, -0.2) is 48.4 Å². The lowest BCUT2D eigenvalue weighted by molar-refractivity contribution is -0.168. The van der Waals surface area contributed by atoms with Crippen LogP contribution in [0.5, 0.6) is 0 Å². The highest BCUT2D eigenvalue weighted by atomic mass is 16.7. The first kappa shape index (κ1) is 21.2. The lowest BCUT2D eigenvalue weighted by Gasteiger charge is -2.31. The summed E-state index contributed by atoms with van der Waals surface area (Å²) < 4.78 is 5.52. The van der Waals surface area contributed by atoms with E-state index >= 15 is 0 Å². The van der Waals surface area contributed by atoms with Gasteiger partial charge in [-0.2, -0.15) is 0 Å². The number of anilines is 1. The van der Waals surface area contributed by atoms with E-state index in [9.17, 15) is 9.59 Å². The van der Waals surface area contributed by atoms with E-state index in [1.165, 1.54) is 12.2 Å². The van der Waals surface area contributed by atoms with Gasteiger partial charge in [0.1, 0.15) is 11.4 Å². The lowest BCUT2D eigenvalue weighted by Crippen LogP contribution is -2.40. The van der Waals surface area contributed by atoms with Crippen LogP contribution in [0.3, 0.4) is 0 Å². The van der Waals surface area contributed by atoms with E-state index in [-0.39, 0.29) is 12.0 Å². The average Bonchev–Trinajstić information content (AvgIpc) is 2.62. The molecule has 0 unspecified atom stereocenters. The molecular weight excluding hydrogens is 346 g/mol. The fourth-order valence-corrected chi connectivity index (χ4v) is 2.95. The number of ether oxygens (including phenoxy) is 1. The van der Waals surface area contributed by atoms with Crippen molar-refractivity contribution >= 4 is 17.8 Å². The first-order chi connectivity index (χ1) is 12.7. The van der Waals surface area contributed by atoms with E-state index in [2.05, 4.69) is 6.07 Å². The van der Waals surface area contributed by atoms with E-state index in [1.807, 2.05) is 26.8 Å². The molecule has 1 aliphatic rings. The Morgan fingerprint density at radius 2 is 2.00 bits per heavy atom. The number of aromatic nitrogens is 1. The number of unbranched alkanes of at least 4 members (excludes halogenated alkanes) is 1. The molecule has 27 heavy (non-hydrogen) atoms. The van der Waals surface area contributed by atoms with Gasteiger partial charge >= 0.3 is 6.09 Å². The van der Waals surface area contributed by atoms with Gasteiger partial charge in [-0.15, -0.1) is 0 Å². The number of fused-ring (bicyclic) bond motifs is 1. The lowest BCUT2D eigenvalue weighted by atomic mass is 10.0. The highest BCUT2D eigenvalue weighted by Crippen LogP contribution is 2.27. The summed E-state index contributed by atoms with van der Waals surface area (Å²) in [6.07, 6.45) is 4.30. The molecule has 0 atom stereocenters. The standard InChI is InChI=1S/C20H31N3O4/c1-20(2,3)27-19(25)23-14-8-9-15-12-13-16(21-18(15)23)10-6-7-11-17(24)22(4)26-5/h12-13H,6-11,14H2,1-5H3. The molecule has 7 nitrogen and oxygen atoms in total. The van der Waals surface area contributed by atoms with Crippen molar-refractivity contribution in [1.82, 2.24) is 10.0 Å². The summed E-state index contributed by atoms with van der Waals surface area (Å²) in [5.74, 6) is 0.676. The predicted octanol–water partition coefficient (Wildman–Crippen LogP) is 3.50. The molecule has 0 aliphatic carbocycles. The van der Waals surface area contributed by atoms with Crippen molar-refractivity contribution in [3.8, 4) is 0 Å². The highest BCUT2D eigenvalue weighted by molar-refractivity contribution is 5.88. The smallest absolute Gasteiger partial charge is 0.416 e. The number of carbonyl (C=O) groups excluding carboxylic acids is 2. The van der Waals surface area contributed by atoms with Gasteiger partial charge in [0.05, 0.1) is 7.11 Å². The van der Waals surface area contributed by atoms with Crippen molar-refractivity contribution in [3.63, 3.8) is 0 Å². The Balaban J connectivity index is 1.98. The summed E-state index contributed by atoms with van der Waals surface area (Å²) in [6.45, 7) is 6.21. The number of hydrogen-bond acceptors (Lipinski definition) is 5. The van der Waals surface area contributed by atoms with Crippen molar-refractivity contribution in [2.24, 2.45) is 0 Å². The quantitative estimate of drug-likeness (QED) is 0.560. The Hall–Kier alpha value is -2.15. The molecule has 0 bridgehead atoms. The maximum atomic E-state index is 12.5. The summed E-state index contributed by atoms with van der Waals surface area (Å²) in [7, 11) is 3.09. The Morgan fingerprint density at radius 3 is 2.67 bits per heavy atom. The minimum Gasteiger partial charge on any atom is -0.443 e. The van der Waals surface area contributed by atoms with Crippen LogP contribution in [0.1, 0.15) is 57.7 Å². The Bertz CT molecular complexity index is 670. The van der Waals surface area contributed by atoms with Gasteiger partial charge < -0.3 is 4.74 Å². The zero-order valence-corrected chi connectivity index (χ0v) is 17.1. The normalized spacial score (nSPS) is 13.9. The van der Waals surface area contributed by atoms with Gasteiger partial charge in [-0.25, -0.2) is 14.8 Å². The third-order valence-electron chi connectivity index (χ3n) is 4.41. The van der Waals surface area contributed by atoms with Crippen molar-refractivity contribution in [2.75, 3.05) is 25.6 Å². The van der Waals surface area contributed by atoms with Crippen molar-refractivity contribution in [1.29, 1.82) is 0 Å². The fourth-order valence-electron chi connectivity index (χ4n) is 2.95. The Labute approximate surface area is 161 Å². The third-order valence-corrected chi connectivity index (χ3v) is 4.41. The molecule has 0 aromatic carbocycles. The van der Waals surface area contributed by atoms with Crippen molar-refractivity contribution in [2.45, 2.75) is 64.9 Å². The number of rotatable bonds is 6. The second kappa shape index (κ2) is 9.17. The second-order valence-corrected chi connectivity index (χ2v) is 7.80. The molecule has 1 aromatic heterocycles. The average molecular weight is 377 g/mol. The maximum Gasteiger partial charge on any atom is 0.416 e. The fraction of sp³-hybridized carbons (Fsp3) is 0.650. The van der Waals surface area contributed by atoms with E-state index in [0.717, 1.165) is 43.4 Å². The van der Waals surface area contributed by atoms with Gasteiger partial charge in [0.15, 0.2) is 0 Å². The van der Waals surface area contributed by atoms with Gasteiger partial charge in [0.2, 0.25) is 5.91 Å². The molecule has 150 valence electrons. The van der Waals surface area contributed by atoms with Crippen LogP contribution in [0.4, 0.5) is 10.6 Å². The molecule has 1 aliphatic heterocycles. The first-order valence-electron chi connectivity index (χ1n) is 9.51. The minimum atomic E-state index is -0.534. The molecular formula is C20H31N3O4. The monoisotopic (exact) mass is 377 g/mol. The minimum absolute atomic E-state index is 0.0352. The van der Waals surface area contributed by atoms with Crippen LogP contribution in [0, 0.1) is 0 Å². The topological polar surface area (TPSA) is 72.0 Å². The summed E-state index contributed by atoms with van der Waals surface area (Å²) in [6, 6.07) is 4.07. The SMILES string of the molecule is CON(C)C(=O)CCCCc1ccc2c(n1)N(C(=O)OC(C)(C)C)CCC2. The molecule has 1 aromatic rings. The Kier molecular flexibility index (Phi) is 7.18. The Morgan fingerprint density at radius 1 is 1.26 bits per heavy atom. The summed E-state index contributed by atoms with van der Waals surface area (Å²) in [5, 5.41) is 1.25. The third kappa shape index (κ3) is 6.20. The molecule has 0 fully saturated rings. The summed E-state index contributed by atoms with van der Waals surface area (Å²) >= 11 is 0. The largest absolute Gasteiger partial charge is 0.443 e. The maximum absolute atomic E-state index is 12.5. The zero-order chi connectivity index (χ0) is 20.0. The predicted molar refractivity (Wildman–Crippen MR) is 103 cm³/mol. The number of carbonyl (C=O) groups is 2. The first-order valence-corrected chi connectivity index (χ1v) is 9.51. The molecule has 7 heteroatoms. The number of hydroxylamine groups is 2. The molecule has 0 N–H and O–H groups in total. The molecule has 2 amide bonds. The van der Waals surface area contributed by atoms with Crippen LogP contribution in [0.25, 0.3) is 0 Å². The summed E-state index contributed by atoms with van der Waals surface area (Å²) in [4.78, 5) is 35.5. The number of hydrogen-bond donors (Lipinski definition) is 0. The summed E-state index contributed by atoms with van der Waals surface area (Å²) in [5.41, 5.74) is 1.47. The highest BCUT2D eigenvalue weighted by Gasteiger charge is 2.28.